The summed E-state index contributed by atoms with van der Waals surface area (Å²) in [5.74, 6) is 0.785. The van der Waals surface area contributed by atoms with Crippen molar-refractivity contribution < 1.29 is 0 Å². The highest BCUT2D eigenvalue weighted by Crippen LogP contribution is 2.51. The van der Waals surface area contributed by atoms with Gasteiger partial charge in [-0.05, 0) is 73.7 Å². The monoisotopic (exact) mass is 321 g/mol. The molecule has 0 atom stereocenters. The van der Waals surface area contributed by atoms with E-state index in [1.807, 2.05) is 11.8 Å². The third kappa shape index (κ3) is 2.98. The molecule has 0 N–H and O–H groups in total. The number of benzene rings is 2. The lowest BCUT2D eigenvalue weighted by atomic mass is 9.90. The Morgan fingerprint density at radius 3 is 2.61 bits per heavy atom. The molecule has 1 aliphatic carbocycles. The average Bonchev–Trinajstić information content (AvgIpc) is 3.38. The van der Waals surface area contributed by atoms with E-state index < -0.39 is 0 Å². The van der Waals surface area contributed by atoms with Gasteiger partial charge < -0.3 is 4.90 Å². The van der Waals surface area contributed by atoms with E-state index in [-0.39, 0.29) is 0 Å². The van der Waals surface area contributed by atoms with E-state index in [0.717, 1.165) is 18.9 Å². The number of hydrogen-bond acceptors (Lipinski definition) is 2. The van der Waals surface area contributed by atoms with Crippen molar-refractivity contribution in [2.75, 3.05) is 20.6 Å². The normalized spacial score (nSPS) is 18.1. The first kappa shape index (κ1) is 15.0. The maximum Gasteiger partial charge on any atom is 0.0204 e. The first-order valence-electron chi connectivity index (χ1n) is 8.49. The molecule has 0 saturated heterocycles. The minimum atomic E-state index is 0.785. The Hall–Kier alpha value is -1.51. The van der Waals surface area contributed by atoms with Gasteiger partial charge in [0.25, 0.3) is 0 Å². The molecular formula is C21H23NS. The van der Waals surface area contributed by atoms with E-state index in [1.165, 1.54) is 39.3 Å². The van der Waals surface area contributed by atoms with Crippen LogP contribution in [0.1, 0.15) is 41.9 Å². The number of fused-ring (bicyclic) bond motifs is 2. The van der Waals surface area contributed by atoms with Crippen LogP contribution in [0.15, 0.2) is 58.3 Å². The summed E-state index contributed by atoms with van der Waals surface area (Å²) < 4.78 is 0. The molecule has 4 rings (SSSR count). The van der Waals surface area contributed by atoms with Gasteiger partial charge >= 0.3 is 0 Å². The molecule has 23 heavy (non-hydrogen) atoms. The van der Waals surface area contributed by atoms with Gasteiger partial charge in [0.1, 0.15) is 0 Å². The number of hydrogen-bond donors (Lipinski definition) is 0. The predicted molar refractivity (Wildman–Crippen MR) is 99.2 cm³/mol. The third-order valence-corrected chi connectivity index (χ3v) is 5.80. The van der Waals surface area contributed by atoms with Crippen LogP contribution in [0, 0.1) is 0 Å². The fourth-order valence-electron chi connectivity index (χ4n) is 3.37. The average molecular weight is 321 g/mol. The minimum absolute atomic E-state index is 0.785. The van der Waals surface area contributed by atoms with Crippen molar-refractivity contribution in [2.24, 2.45) is 0 Å². The van der Waals surface area contributed by atoms with Gasteiger partial charge in [0, 0.05) is 16.3 Å². The quantitative estimate of drug-likeness (QED) is 0.632. The largest absolute Gasteiger partial charge is 0.309 e. The standard InChI is InChI=1S/C21H23NS/c1-22(2)14-6-9-18-17-7-3-4-10-19(17)23-20-11-5-8-16(21(18)20)15-12-13-15/h3-5,7-11,15H,6,12-14H2,1-2H3/b18-9-. The summed E-state index contributed by atoms with van der Waals surface area (Å²) in [4.78, 5) is 5.09. The van der Waals surface area contributed by atoms with Gasteiger partial charge in [0.05, 0.1) is 0 Å². The van der Waals surface area contributed by atoms with Crippen molar-refractivity contribution in [3.63, 3.8) is 0 Å². The smallest absolute Gasteiger partial charge is 0.0204 e. The molecule has 0 spiro atoms. The lowest BCUT2D eigenvalue weighted by molar-refractivity contribution is 0.417. The molecule has 1 heterocycles. The van der Waals surface area contributed by atoms with E-state index in [0.29, 0.717) is 0 Å². The van der Waals surface area contributed by atoms with Crippen molar-refractivity contribution in [2.45, 2.75) is 35.0 Å². The zero-order valence-corrected chi connectivity index (χ0v) is 14.7. The fraction of sp³-hybridized carbons (Fsp3) is 0.333. The summed E-state index contributed by atoms with van der Waals surface area (Å²) in [6, 6.07) is 15.8. The van der Waals surface area contributed by atoms with Crippen LogP contribution in [0.2, 0.25) is 0 Å². The summed E-state index contributed by atoms with van der Waals surface area (Å²) in [6.07, 6.45) is 6.27. The van der Waals surface area contributed by atoms with Crippen LogP contribution in [0.25, 0.3) is 5.57 Å². The van der Waals surface area contributed by atoms with Crippen LogP contribution in [0.4, 0.5) is 0 Å². The molecule has 1 fully saturated rings. The second kappa shape index (κ2) is 6.18. The summed E-state index contributed by atoms with van der Waals surface area (Å²) in [7, 11) is 4.29. The zero-order valence-electron chi connectivity index (χ0n) is 13.9. The first-order valence-corrected chi connectivity index (χ1v) is 9.31. The molecule has 1 aliphatic heterocycles. The highest BCUT2D eigenvalue weighted by atomic mass is 32.2. The van der Waals surface area contributed by atoms with E-state index in [2.05, 4.69) is 67.5 Å². The van der Waals surface area contributed by atoms with Crippen LogP contribution < -0.4 is 0 Å². The van der Waals surface area contributed by atoms with Crippen molar-refractivity contribution in [1.29, 1.82) is 0 Å². The Morgan fingerprint density at radius 1 is 1.04 bits per heavy atom. The highest BCUT2D eigenvalue weighted by molar-refractivity contribution is 7.99. The Balaban J connectivity index is 1.83. The maximum absolute atomic E-state index is 2.46. The van der Waals surface area contributed by atoms with Gasteiger partial charge in [-0.1, -0.05) is 48.2 Å². The van der Waals surface area contributed by atoms with E-state index in [1.54, 1.807) is 5.56 Å². The Kier molecular flexibility index (Phi) is 4.04. The van der Waals surface area contributed by atoms with Crippen molar-refractivity contribution in [3.8, 4) is 0 Å². The van der Waals surface area contributed by atoms with Crippen molar-refractivity contribution >= 4 is 17.3 Å². The Bertz CT molecular complexity index is 756. The van der Waals surface area contributed by atoms with Crippen molar-refractivity contribution in [1.82, 2.24) is 4.90 Å². The van der Waals surface area contributed by atoms with Crippen LogP contribution >= 0.6 is 11.8 Å². The predicted octanol–water partition coefficient (Wildman–Crippen LogP) is 5.41. The van der Waals surface area contributed by atoms with Gasteiger partial charge in [-0.2, -0.15) is 0 Å². The summed E-state index contributed by atoms with van der Waals surface area (Å²) in [6.45, 7) is 1.10. The second-order valence-corrected chi connectivity index (χ2v) is 7.89. The van der Waals surface area contributed by atoms with E-state index in [4.69, 9.17) is 0 Å². The lowest BCUT2D eigenvalue weighted by Gasteiger charge is -2.25. The molecule has 2 heteroatoms. The molecule has 118 valence electrons. The summed E-state index contributed by atoms with van der Waals surface area (Å²) >= 11 is 1.93. The fourth-order valence-corrected chi connectivity index (χ4v) is 4.51. The summed E-state index contributed by atoms with van der Waals surface area (Å²) in [5.41, 5.74) is 5.95. The molecule has 1 saturated carbocycles. The molecule has 1 nitrogen and oxygen atoms in total. The van der Waals surface area contributed by atoms with Crippen LogP contribution in [-0.4, -0.2) is 25.5 Å². The molecule has 0 amide bonds. The van der Waals surface area contributed by atoms with Crippen LogP contribution in [-0.2, 0) is 0 Å². The van der Waals surface area contributed by atoms with Crippen LogP contribution in [0.3, 0.4) is 0 Å². The minimum Gasteiger partial charge on any atom is -0.309 e. The molecule has 0 aromatic heterocycles. The van der Waals surface area contributed by atoms with Crippen LogP contribution in [0.5, 0.6) is 0 Å². The molecule has 2 aromatic carbocycles. The van der Waals surface area contributed by atoms with Gasteiger partial charge in [0.2, 0.25) is 0 Å². The Morgan fingerprint density at radius 2 is 1.83 bits per heavy atom. The molecular weight excluding hydrogens is 298 g/mol. The van der Waals surface area contributed by atoms with Gasteiger partial charge in [-0.15, -0.1) is 0 Å². The molecule has 0 bridgehead atoms. The lowest BCUT2D eigenvalue weighted by Crippen LogP contribution is -2.12. The molecule has 2 aliphatic rings. The second-order valence-electron chi connectivity index (χ2n) is 6.80. The first-order chi connectivity index (χ1) is 11.2. The molecule has 0 radical (unpaired) electrons. The van der Waals surface area contributed by atoms with Gasteiger partial charge in [-0.3, -0.25) is 0 Å². The molecule has 0 unspecified atom stereocenters. The number of rotatable bonds is 4. The Labute approximate surface area is 143 Å². The van der Waals surface area contributed by atoms with E-state index in [9.17, 15) is 0 Å². The zero-order chi connectivity index (χ0) is 15.8. The van der Waals surface area contributed by atoms with E-state index >= 15 is 0 Å². The van der Waals surface area contributed by atoms with Gasteiger partial charge in [-0.25, -0.2) is 0 Å². The third-order valence-electron chi connectivity index (χ3n) is 4.67. The molecule has 2 aromatic rings. The van der Waals surface area contributed by atoms with Crippen molar-refractivity contribution in [3.05, 3.63) is 65.2 Å². The highest BCUT2D eigenvalue weighted by Gasteiger charge is 2.31. The topological polar surface area (TPSA) is 3.24 Å². The summed E-state index contributed by atoms with van der Waals surface area (Å²) in [5, 5.41) is 0. The number of nitrogens with zero attached hydrogens (tertiary/aromatic N) is 1. The van der Waals surface area contributed by atoms with Gasteiger partial charge in [0.15, 0.2) is 0 Å². The maximum atomic E-state index is 2.46. The SMILES string of the molecule is CN(C)CC/C=C1/c2ccccc2Sc2cccc(C3CC3)c21.